The summed E-state index contributed by atoms with van der Waals surface area (Å²) in [5.74, 6) is 1.32. The highest BCUT2D eigenvalue weighted by atomic mass is 127. The molecular weight excluding hydrogens is 495 g/mol. The largest absolute Gasteiger partial charge is 0.376 e. The number of ether oxygens (including phenoxy) is 1. The first-order valence-electron chi connectivity index (χ1n) is 10.0. The molecule has 1 atom stereocenters. The average Bonchev–Trinajstić information content (AvgIpc) is 3.21. The Hall–Kier alpha value is -2.20. The maximum Gasteiger partial charge on any atom is 0.269 e. The second kappa shape index (κ2) is 12.5. The monoisotopic (exact) mass is 524 g/mol. The summed E-state index contributed by atoms with van der Waals surface area (Å²) in [6.07, 6.45) is 1.07. The second-order valence-electron chi connectivity index (χ2n) is 7.20. The fourth-order valence-corrected chi connectivity index (χ4v) is 3.44. The minimum atomic E-state index is -0.376. The van der Waals surface area contributed by atoms with Gasteiger partial charge in [0.1, 0.15) is 0 Å². The lowest BCUT2D eigenvalue weighted by molar-refractivity contribution is -0.384. The third-order valence-electron chi connectivity index (χ3n) is 4.92. The Bertz CT molecular complexity index is 832. The average molecular weight is 524 g/mol. The number of likely N-dealkylation sites (tertiary alicyclic amines) is 1. The summed E-state index contributed by atoms with van der Waals surface area (Å²) in [6.45, 7) is 6.43. The Kier molecular flexibility index (Phi) is 10.0. The maximum absolute atomic E-state index is 11.0. The molecule has 1 aliphatic heterocycles. The van der Waals surface area contributed by atoms with E-state index in [0.717, 1.165) is 44.2 Å². The number of nitro groups is 1. The van der Waals surface area contributed by atoms with Crippen molar-refractivity contribution < 1.29 is 9.66 Å². The van der Waals surface area contributed by atoms with Gasteiger partial charge in [-0.2, -0.15) is 0 Å². The molecule has 1 saturated heterocycles. The number of non-ortho nitro benzene ring substituents is 1. The van der Waals surface area contributed by atoms with Crippen LogP contribution in [0.15, 0.2) is 59.6 Å². The summed E-state index contributed by atoms with van der Waals surface area (Å²) in [5.41, 5.74) is 2.12. The van der Waals surface area contributed by atoms with Crippen LogP contribution in [0.5, 0.6) is 0 Å². The summed E-state index contributed by atoms with van der Waals surface area (Å²) in [6, 6.07) is 16.8. The minimum Gasteiger partial charge on any atom is -0.376 e. The zero-order valence-corrected chi connectivity index (χ0v) is 19.5. The Morgan fingerprint density at radius 2 is 2.00 bits per heavy atom. The van der Waals surface area contributed by atoms with E-state index in [-0.39, 0.29) is 34.6 Å². The van der Waals surface area contributed by atoms with Gasteiger partial charge in [0.05, 0.1) is 24.7 Å². The highest BCUT2D eigenvalue weighted by molar-refractivity contribution is 14.0. The van der Waals surface area contributed by atoms with Crippen molar-refractivity contribution >= 4 is 35.6 Å². The van der Waals surface area contributed by atoms with Crippen molar-refractivity contribution in [1.82, 2.24) is 10.2 Å². The van der Waals surface area contributed by atoms with Gasteiger partial charge in [0.2, 0.25) is 0 Å². The van der Waals surface area contributed by atoms with Gasteiger partial charge in [0, 0.05) is 37.7 Å². The molecule has 8 heteroatoms. The molecule has 2 aromatic carbocycles. The molecule has 0 aliphatic carbocycles. The van der Waals surface area contributed by atoms with Crippen LogP contribution in [0.1, 0.15) is 24.5 Å². The van der Waals surface area contributed by atoms with Crippen molar-refractivity contribution in [3.63, 3.8) is 0 Å². The number of hydrogen-bond donors (Lipinski definition) is 1. The number of guanidine groups is 1. The number of benzene rings is 2. The second-order valence-corrected chi connectivity index (χ2v) is 7.20. The van der Waals surface area contributed by atoms with Crippen LogP contribution in [0.2, 0.25) is 0 Å². The van der Waals surface area contributed by atoms with Crippen LogP contribution in [-0.2, 0) is 17.9 Å². The van der Waals surface area contributed by atoms with E-state index >= 15 is 0 Å². The lowest BCUT2D eigenvalue weighted by Crippen LogP contribution is -2.40. The van der Waals surface area contributed by atoms with Gasteiger partial charge in [-0.1, -0.05) is 42.5 Å². The number of nitrogens with zero attached hydrogens (tertiary/aromatic N) is 3. The van der Waals surface area contributed by atoms with Crippen molar-refractivity contribution in [2.75, 3.05) is 26.2 Å². The van der Waals surface area contributed by atoms with E-state index in [1.165, 1.54) is 11.6 Å². The summed E-state index contributed by atoms with van der Waals surface area (Å²) < 4.78 is 5.91. The smallest absolute Gasteiger partial charge is 0.269 e. The molecule has 0 amide bonds. The minimum absolute atomic E-state index is 0. The van der Waals surface area contributed by atoms with Gasteiger partial charge in [0.15, 0.2) is 5.96 Å². The molecular formula is C22H29IN4O3. The Labute approximate surface area is 194 Å². The molecule has 7 nitrogen and oxygen atoms in total. The topological polar surface area (TPSA) is 80.0 Å². The molecule has 0 spiro atoms. The SMILES string of the molecule is CCNC(=NCc1cccc([N+](=O)[O-])c1)N1CCC(COCc2ccccc2)C1.I. The van der Waals surface area contributed by atoms with Crippen molar-refractivity contribution in [3.8, 4) is 0 Å². The van der Waals surface area contributed by atoms with E-state index in [1.54, 1.807) is 12.1 Å². The van der Waals surface area contributed by atoms with Gasteiger partial charge >= 0.3 is 0 Å². The molecule has 0 radical (unpaired) electrons. The summed E-state index contributed by atoms with van der Waals surface area (Å²) in [5, 5.41) is 14.3. The molecule has 3 rings (SSSR count). The molecule has 0 aromatic heterocycles. The number of aliphatic imine (C=N–C) groups is 1. The van der Waals surface area contributed by atoms with E-state index in [2.05, 4.69) is 22.3 Å². The Morgan fingerprint density at radius 1 is 1.23 bits per heavy atom. The molecule has 2 aromatic rings. The Balaban J connectivity index is 0.00000320. The van der Waals surface area contributed by atoms with Crippen LogP contribution in [0.25, 0.3) is 0 Å². The van der Waals surface area contributed by atoms with Gasteiger partial charge in [-0.15, -0.1) is 24.0 Å². The molecule has 1 aliphatic rings. The predicted molar refractivity (Wildman–Crippen MR) is 129 cm³/mol. The van der Waals surface area contributed by atoms with Crippen LogP contribution in [0, 0.1) is 16.0 Å². The van der Waals surface area contributed by atoms with Crippen LogP contribution in [0.4, 0.5) is 5.69 Å². The molecule has 1 fully saturated rings. The fraction of sp³-hybridized carbons (Fsp3) is 0.409. The van der Waals surface area contributed by atoms with Gasteiger partial charge < -0.3 is 15.0 Å². The van der Waals surface area contributed by atoms with Crippen molar-refractivity contribution in [3.05, 3.63) is 75.8 Å². The quantitative estimate of drug-likeness (QED) is 0.184. The first-order chi connectivity index (χ1) is 14.2. The lowest BCUT2D eigenvalue weighted by atomic mass is 10.1. The Morgan fingerprint density at radius 3 is 2.73 bits per heavy atom. The summed E-state index contributed by atoms with van der Waals surface area (Å²) >= 11 is 0. The van der Waals surface area contributed by atoms with E-state index in [1.807, 2.05) is 31.2 Å². The zero-order valence-electron chi connectivity index (χ0n) is 17.2. The first-order valence-corrected chi connectivity index (χ1v) is 10.0. The highest BCUT2D eigenvalue weighted by Gasteiger charge is 2.25. The molecule has 162 valence electrons. The van der Waals surface area contributed by atoms with E-state index in [0.29, 0.717) is 19.1 Å². The number of nitro benzene ring substituents is 1. The third-order valence-corrected chi connectivity index (χ3v) is 4.92. The number of nitrogens with one attached hydrogen (secondary N) is 1. The van der Waals surface area contributed by atoms with Crippen molar-refractivity contribution in [2.24, 2.45) is 10.9 Å². The van der Waals surface area contributed by atoms with E-state index in [4.69, 9.17) is 9.73 Å². The normalized spacial score (nSPS) is 16.2. The van der Waals surface area contributed by atoms with Crippen LogP contribution in [-0.4, -0.2) is 42.0 Å². The lowest BCUT2D eigenvalue weighted by Gasteiger charge is -2.21. The van der Waals surface area contributed by atoms with Gasteiger partial charge in [-0.25, -0.2) is 4.99 Å². The van der Waals surface area contributed by atoms with Crippen LogP contribution < -0.4 is 5.32 Å². The highest BCUT2D eigenvalue weighted by Crippen LogP contribution is 2.18. The standard InChI is InChI=1S/C22H28N4O3.HI/c1-2-23-22(24-14-19-9-6-10-21(13-19)26(27)28)25-12-11-20(15-25)17-29-16-18-7-4-3-5-8-18;/h3-10,13,20H,2,11-12,14-17H2,1H3,(H,23,24);1H. The number of rotatable bonds is 8. The molecule has 1 unspecified atom stereocenters. The summed E-state index contributed by atoms with van der Waals surface area (Å²) in [4.78, 5) is 17.5. The molecule has 1 N–H and O–H groups in total. The van der Waals surface area contributed by atoms with Gasteiger partial charge in [-0.05, 0) is 24.5 Å². The zero-order chi connectivity index (χ0) is 20.5. The molecule has 30 heavy (non-hydrogen) atoms. The number of halogens is 1. The maximum atomic E-state index is 11.0. The molecule has 0 bridgehead atoms. The fourth-order valence-electron chi connectivity index (χ4n) is 3.44. The predicted octanol–water partition coefficient (Wildman–Crippen LogP) is 4.22. The van der Waals surface area contributed by atoms with Crippen molar-refractivity contribution in [1.29, 1.82) is 0 Å². The van der Waals surface area contributed by atoms with E-state index in [9.17, 15) is 10.1 Å². The summed E-state index contributed by atoms with van der Waals surface area (Å²) in [7, 11) is 0. The third kappa shape index (κ3) is 7.24. The van der Waals surface area contributed by atoms with Crippen LogP contribution in [0.3, 0.4) is 0 Å². The van der Waals surface area contributed by atoms with Crippen LogP contribution >= 0.6 is 24.0 Å². The molecule has 0 saturated carbocycles. The number of hydrogen-bond acceptors (Lipinski definition) is 4. The van der Waals surface area contributed by atoms with Crippen molar-refractivity contribution in [2.45, 2.75) is 26.5 Å². The molecule has 1 heterocycles. The van der Waals surface area contributed by atoms with E-state index < -0.39 is 0 Å². The first kappa shape index (κ1) is 24.1. The van der Waals surface area contributed by atoms with Gasteiger partial charge in [-0.3, -0.25) is 10.1 Å². The van der Waals surface area contributed by atoms with Gasteiger partial charge in [0.25, 0.3) is 5.69 Å².